The third kappa shape index (κ3) is 3.16. The number of aromatic nitrogens is 3. The lowest BCUT2D eigenvalue weighted by Crippen LogP contribution is -2.18. The first-order valence-electron chi connectivity index (χ1n) is 9.86. The van der Waals surface area contributed by atoms with Gasteiger partial charge in [0.25, 0.3) is 0 Å². The monoisotopic (exact) mass is 415 g/mol. The third-order valence-corrected chi connectivity index (χ3v) is 5.51. The number of hydrogen-bond acceptors (Lipinski definition) is 3. The zero-order valence-electron chi connectivity index (χ0n) is 17.0. The van der Waals surface area contributed by atoms with E-state index < -0.39 is 11.4 Å². The minimum atomic E-state index is -1.33. The van der Waals surface area contributed by atoms with E-state index in [1.807, 2.05) is 24.3 Å². The number of benzene rings is 2. The van der Waals surface area contributed by atoms with E-state index >= 15 is 0 Å². The Morgan fingerprint density at radius 1 is 0.968 bits per heavy atom. The lowest BCUT2D eigenvalue weighted by atomic mass is 9.96. The van der Waals surface area contributed by atoms with E-state index in [4.69, 9.17) is 0 Å². The molecule has 0 unspecified atom stereocenters. The molecule has 0 saturated heterocycles. The van der Waals surface area contributed by atoms with Gasteiger partial charge >= 0.3 is 0 Å². The molecule has 0 aliphatic carbocycles. The van der Waals surface area contributed by atoms with E-state index in [1.165, 1.54) is 26.0 Å². The Bertz CT molecular complexity index is 1450. The smallest absolute Gasteiger partial charge is 0.174 e. The average molecular weight is 415 g/mol. The second-order valence-electron chi connectivity index (χ2n) is 8.04. The van der Waals surface area contributed by atoms with E-state index in [2.05, 4.69) is 9.97 Å². The van der Waals surface area contributed by atoms with Gasteiger partial charge in [0.15, 0.2) is 11.5 Å². The van der Waals surface area contributed by atoms with Crippen LogP contribution in [0.1, 0.15) is 19.4 Å². The molecule has 0 radical (unpaired) electrons. The van der Waals surface area contributed by atoms with Gasteiger partial charge < -0.3 is 5.11 Å². The van der Waals surface area contributed by atoms with E-state index in [0.29, 0.717) is 16.8 Å². The van der Waals surface area contributed by atoms with Crippen molar-refractivity contribution in [1.82, 2.24) is 14.4 Å². The van der Waals surface area contributed by atoms with Crippen LogP contribution in [0, 0.1) is 11.6 Å². The molecule has 5 rings (SSSR count). The molecule has 0 aliphatic rings. The lowest BCUT2D eigenvalue weighted by molar-refractivity contribution is 0.0746. The molecule has 1 N–H and O–H groups in total. The van der Waals surface area contributed by atoms with Gasteiger partial charge in [0.1, 0.15) is 5.82 Å². The first-order chi connectivity index (χ1) is 14.8. The molecule has 0 atom stereocenters. The molecule has 3 aromatic heterocycles. The molecule has 31 heavy (non-hydrogen) atoms. The van der Waals surface area contributed by atoms with E-state index in [0.717, 1.165) is 16.3 Å². The molecule has 0 fully saturated rings. The fraction of sp³-hybridized carbons (Fsp3) is 0.120. The summed E-state index contributed by atoms with van der Waals surface area (Å²) in [5, 5.41) is 12.0. The van der Waals surface area contributed by atoms with Crippen molar-refractivity contribution in [1.29, 1.82) is 0 Å². The van der Waals surface area contributed by atoms with Crippen molar-refractivity contribution in [2.45, 2.75) is 19.4 Å². The second kappa shape index (κ2) is 6.96. The third-order valence-electron chi connectivity index (χ3n) is 5.51. The van der Waals surface area contributed by atoms with Crippen molar-refractivity contribution in [3.8, 4) is 22.4 Å². The first kappa shape index (κ1) is 19.3. The van der Waals surface area contributed by atoms with Crippen molar-refractivity contribution < 1.29 is 13.9 Å². The number of rotatable bonds is 3. The number of hydrogen-bond donors (Lipinski definition) is 1. The fourth-order valence-corrected chi connectivity index (χ4v) is 3.95. The second-order valence-corrected chi connectivity index (χ2v) is 8.04. The molecule has 0 spiro atoms. The Kier molecular flexibility index (Phi) is 4.34. The van der Waals surface area contributed by atoms with Crippen LogP contribution >= 0.6 is 0 Å². The molecule has 3 heterocycles. The summed E-state index contributed by atoms with van der Waals surface area (Å²) in [5.41, 5.74) is 1.47. The van der Waals surface area contributed by atoms with Gasteiger partial charge in [-0.15, -0.1) is 0 Å². The minimum absolute atomic E-state index is 0.108. The maximum atomic E-state index is 15.0. The topological polar surface area (TPSA) is 50.4 Å². The highest BCUT2D eigenvalue weighted by molar-refractivity contribution is 5.96. The van der Waals surface area contributed by atoms with Gasteiger partial charge in [0.2, 0.25) is 0 Å². The van der Waals surface area contributed by atoms with Gasteiger partial charge in [-0.2, -0.15) is 0 Å². The van der Waals surface area contributed by atoms with Crippen LogP contribution in [0.3, 0.4) is 0 Å². The Morgan fingerprint density at radius 3 is 2.61 bits per heavy atom. The normalized spacial score (nSPS) is 12.0. The van der Waals surface area contributed by atoms with E-state index in [-0.39, 0.29) is 17.0 Å². The van der Waals surface area contributed by atoms with E-state index in [1.54, 1.807) is 41.3 Å². The lowest BCUT2D eigenvalue weighted by Gasteiger charge is -2.18. The number of fused-ring (bicyclic) bond motifs is 2. The standard InChI is InChI=1S/C25H19F2N3O/c1-25(2,31)20-9-11-30-22(14-29-24(30)23(20)27)15-6-7-21(26)19(12-15)18-5-3-4-16-13-28-10-8-17(16)18/h3-14,31H,1-2H3. The largest absolute Gasteiger partial charge is 0.386 e. The Labute approximate surface area is 177 Å². The van der Waals surface area contributed by atoms with Crippen LogP contribution in [-0.4, -0.2) is 19.5 Å². The highest BCUT2D eigenvalue weighted by Gasteiger charge is 2.24. The Balaban J connectivity index is 1.70. The summed E-state index contributed by atoms with van der Waals surface area (Å²) in [6.45, 7) is 3.05. The van der Waals surface area contributed by atoms with Crippen LogP contribution in [0.5, 0.6) is 0 Å². The number of pyridine rings is 2. The van der Waals surface area contributed by atoms with E-state index in [9.17, 15) is 13.9 Å². The van der Waals surface area contributed by atoms with Crippen LogP contribution in [0.25, 0.3) is 38.8 Å². The number of aliphatic hydroxyl groups is 1. The minimum Gasteiger partial charge on any atom is -0.386 e. The summed E-state index contributed by atoms with van der Waals surface area (Å²) in [6.07, 6.45) is 6.65. The fourth-order valence-electron chi connectivity index (χ4n) is 3.95. The van der Waals surface area contributed by atoms with Gasteiger partial charge in [0.05, 0.1) is 17.5 Å². The molecule has 2 aromatic carbocycles. The predicted molar refractivity (Wildman–Crippen MR) is 117 cm³/mol. The van der Waals surface area contributed by atoms with Gasteiger partial charge in [-0.1, -0.05) is 18.2 Å². The summed E-state index contributed by atoms with van der Waals surface area (Å²) >= 11 is 0. The molecule has 0 amide bonds. The molecular weight excluding hydrogens is 396 g/mol. The molecule has 0 aliphatic heterocycles. The van der Waals surface area contributed by atoms with Crippen molar-refractivity contribution in [2.24, 2.45) is 0 Å². The number of halogens is 2. The molecule has 0 saturated carbocycles. The Hall–Kier alpha value is -3.64. The quantitative estimate of drug-likeness (QED) is 0.410. The van der Waals surface area contributed by atoms with Crippen molar-refractivity contribution >= 4 is 16.4 Å². The molecule has 0 bridgehead atoms. The molecule has 5 aromatic rings. The summed E-state index contributed by atoms with van der Waals surface area (Å²) in [4.78, 5) is 8.35. The van der Waals surface area contributed by atoms with Crippen LogP contribution in [0.15, 0.2) is 73.3 Å². The zero-order valence-corrected chi connectivity index (χ0v) is 17.0. The van der Waals surface area contributed by atoms with Crippen LogP contribution in [-0.2, 0) is 5.60 Å². The predicted octanol–water partition coefficient (Wildman–Crippen LogP) is 5.72. The van der Waals surface area contributed by atoms with Crippen LogP contribution in [0.2, 0.25) is 0 Å². The molecular formula is C25H19F2N3O. The van der Waals surface area contributed by atoms with Crippen molar-refractivity contribution in [3.63, 3.8) is 0 Å². The maximum Gasteiger partial charge on any atom is 0.174 e. The summed E-state index contributed by atoms with van der Waals surface area (Å²) in [6, 6.07) is 13.9. The summed E-state index contributed by atoms with van der Waals surface area (Å²) < 4.78 is 31.4. The highest BCUT2D eigenvalue weighted by atomic mass is 19.1. The number of nitrogens with zero attached hydrogens (tertiary/aromatic N) is 3. The number of imidazole rings is 1. The highest BCUT2D eigenvalue weighted by Crippen LogP contribution is 2.34. The zero-order chi connectivity index (χ0) is 21.8. The summed E-state index contributed by atoms with van der Waals surface area (Å²) in [7, 11) is 0. The van der Waals surface area contributed by atoms with Crippen molar-refractivity contribution in [2.75, 3.05) is 0 Å². The van der Waals surface area contributed by atoms with Gasteiger partial charge in [-0.3, -0.25) is 9.38 Å². The van der Waals surface area contributed by atoms with Gasteiger partial charge in [0, 0.05) is 40.7 Å². The van der Waals surface area contributed by atoms with Gasteiger partial charge in [-0.05, 0) is 55.1 Å². The van der Waals surface area contributed by atoms with Crippen LogP contribution in [0.4, 0.5) is 8.78 Å². The molecule has 6 heteroatoms. The maximum absolute atomic E-state index is 15.0. The Morgan fingerprint density at radius 2 is 1.81 bits per heavy atom. The average Bonchev–Trinajstić information content (AvgIpc) is 3.18. The molecule has 154 valence electrons. The molecule has 4 nitrogen and oxygen atoms in total. The van der Waals surface area contributed by atoms with Crippen molar-refractivity contribution in [3.05, 3.63) is 90.5 Å². The summed E-state index contributed by atoms with van der Waals surface area (Å²) in [5.74, 6) is -0.928. The first-order valence-corrected chi connectivity index (χ1v) is 9.86. The SMILES string of the molecule is CC(C)(O)c1ccn2c(-c3ccc(F)c(-c4cccc5cnccc45)c3)cnc2c1F. The van der Waals surface area contributed by atoms with Crippen LogP contribution < -0.4 is 0 Å². The van der Waals surface area contributed by atoms with Gasteiger partial charge in [-0.25, -0.2) is 13.8 Å².